The first kappa shape index (κ1) is 11.6. The zero-order valence-electron chi connectivity index (χ0n) is 9.50. The molecule has 1 fully saturated rings. The maximum absolute atomic E-state index is 13.1. The van der Waals surface area contributed by atoms with Crippen molar-refractivity contribution in [3.8, 4) is 0 Å². The number of urea groups is 1. The minimum Gasteiger partial charge on any atom is -0.335 e. The Morgan fingerprint density at radius 3 is 2.88 bits per heavy atom. The quantitative estimate of drug-likeness (QED) is 0.771. The minimum atomic E-state index is -0.382. The largest absolute Gasteiger partial charge is 0.335 e. The van der Waals surface area contributed by atoms with Crippen molar-refractivity contribution in [2.45, 2.75) is 18.4 Å². The van der Waals surface area contributed by atoms with Crippen LogP contribution in [0.5, 0.6) is 0 Å². The van der Waals surface area contributed by atoms with Gasteiger partial charge in [-0.25, -0.2) is 9.18 Å². The van der Waals surface area contributed by atoms with Crippen LogP contribution in [0.1, 0.15) is 18.4 Å². The first-order valence-corrected chi connectivity index (χ1v) is 5.59. The van der Waals surface area contributed by atoms with Gasteiger partial charge >= 0.3 is 6.03 Å². The lowest BCUT2D eigenvalue weighted by molar-refractivity contribution is 0.237. The van der Waals surface area contributed by atoms with E-state index in [-0.39, 0.29) is 17.4 Å². The van der Waals surface area contributed by atoms with Crippen molar-refractivity contribution in [2.75, 3.05) is 6.54 Å². The van der Waals surface area contributed by atoms with Gasteiger partial charge in [-0.1, -0.05) is 18.2 Å². The predicted molar refractivity (Wildman–Crippen MR) is 64.0 cm³/mol. The molecule has 2 amide bonds. The van der Waals surface area contributed by atoms with Gasteiger partial charge in [-0.2, -0.15) is 0 Å². The summed E-state index contributed by atoms with van der Waals surface area (Å²) >= 11 is 0. The molecule has 3 nitrogen and oxygen atoms in total. The van der Waals surface area contributed by atoms with E-state index in [4.69, 9.17) is 0 Å². The lowest BCUT2D eigenvalue weighted by Crippen LogP contribution is -2.42. The second-order valence-corrected chi connectivity index (χ2v) is 4.22. The second-order valence-electron chi connectivity index (χ2n) is 4.22. The highest BCUT2D eigenvalue weighted by Gasteiger charge is 2.45. The van der Waals surface area contributed by atoms with Crippen molar-refractivity contribution < 1.29 is 9.18 Å². The molecule has 4 heteroatoms. The number of nitrogens with one attached hydrogen (secondary N) is 2. The summed E-state index contributed by atoms with van der Waals surface area (Å²) in [5.41, 5.74) is 0.444. The Balaban J connectivity index is 2.04. The van der Waals surface area contributed by atoms with Gasteiger partial charge in [0.25, 0.3) is 0 Å². The van der Waals surface area contributed by atoms with Gasteiger partial charge in [0.05, 0.1) is 5.54 Å². The van der Waals surface area contributed by atoms with Crippen molar-refractivity contribution in [1.82, 2.24) is 10.6 Å². The molecule has 0 radical (unpaired) electrons. The fraction of sp³-hybridized carbons (Fsp3) is 0.308. The van der Waals surface area contributed by atoms with Gasteiger partial charge < -0.3 is 10.6 Å². The van der Waals surface area contributed by atoms with Gasteiger partial charge in [0, 0.05) is 6.54 Å². The van der Waals surface area contributed by atoms with E-state index in [9.17, 15) is 9.18 Å². The molecule has 1 aromatic rings. The average Bonchev–Trinajstić information content (AvgIpc) is 3.07. The molecule has 0 bridgehead atoms. The van der Waals surface area contributed by atoms with E-state index in [1.807, 2.05) is 6.07 Å². The first-order valence-electron chi connectivity index (χ1n) is 5.59. The van der Waals surface area contributed by atoms with Gasteiger partial charge in [-0.3, -0.25) is 0 Å². The number of halogens is 1. The van der Waals surface area contributed by atoms with Crippen LogP contribution in [0.25, 0.3) is 0 Å². The monoisotopic (exact) mass is 234 g/mol. The summed E-state index contributed by atoms with van der Waals surface area (Å²) in [6.07, 6.45) is 3.30. The molecule has 0 heterocycles. The molecule has 0 aliphatic heterocycles. The third kappa shape index (κ3) is 2.64. The van der Waals surface area contributed by atoms with Crippen molar-refractivity contribution in [1.29, 1.82) is 0 Å². The highest BCUT2D eigenvalue weighted by Crippen LogP contribution is 2.45. The molecular weight excluding hydrogens is 219 g/mol. The van der Waals surface area contributed by atoms with E-state index in [1.165, 1.54) is 12.1 Å². The molecule has 17 heavy (non-hydrogen) atoms. The Bertz CT molecular complexity index is 441. The summed E-state index contributed by atoms with van der Waals surface area (Å²) in [5, 5.41) is 5.53. The Morgan fingerprint density at radius 2 is 2.29 bits per heavy atom. The first-order chi connectivity index (χ1) is 8.16. The van der Waals surface area contributed by atoms with E-state index in [1.54, 1.807) is 12.1 Å². The number of amides is 2. The highest BCUT2D eigenvalue weighted by atomic mass is 19.1. The van der Waals surface area contributed by atoms with E-state index >= 15 is 0 Å². The number of rotatable bonds is 4. The fourth-order valence-corrected chi connectivity index (χ4v) is 1.82. The lowest BCUT2D eigenvalue weighted by Gasteiger charge is -2.18. The second kappa shape index (κ2) is 4.57. The van der Waals surface area contributed by atoms with Crippen LogP contribution >= 0.6 is 0 Å². The molecule has 1 aliphatic carbocycles. The summed E-state index contributed by atoms with van der Waals surface area (Å²) in [6, 6.07) is 6.13. The molecule has 0 saturated heterocycles. The molecule has 2 N–H and O–H groups in total. The molecule has 0 spiro atoms. The van der Waals surface area contributed by atoms with Crippen molar-refractivity contribution >= 4 is 6.03 Å². The zero-order valence-corrected chi connectivity index (χ0v) is 9.50. The SMILES string of the molecule is C=CCNC(=O)NC1(c2cccc(F)c2)CC1. The molecule has 0 atom stereocenters. The summed E-state index contributed by atoms with van der Waals surface area (Å²) in [4.78, 5) is 11.6. The highest BCUT2D eigenvalue weighted by molar-refractivity contribution is 5.75. The van der Waals surface area contributed by atoms with Crippen molar-refractivity contribution in [3.63, 3.8) is 0 Å². The molecule has 1 aromatic carbocycles. The normalized spacial score (nSPS) is 16.1. The molecule has 90 valence electrons. The molecular formula is C13H15FN2O. The van der Waals surface area contributed by atoms with Gasteiger partial charge in [-0.05, 0) is 30.5 Å². The van der Waals surface area contributed by atoms with Crippen LogP contribution in [0, 0.1) is 5.82 Å². The standard InChI is InChI=1S/C13H15FN2O/c1-2-8-15-12(17)16-13(6-7-13)10-4-3-5-11(14)9-10/h2-5,9H,1,6-8H2,(H2,15,16,17). The van der Waals surface area contributed by atoms with Crippen LogP contribution in [-0.2, 0) is 5.54 Å². The predicted octanol–water partition coefficient (Wildman–Crippen LogP) is 2.30. The zero-order chi connectivity index (χ0) is 12.3. The molecule has 2 rings (SSSR count). The maximum Gasteiger partial charge on any atom is 0.315 e. The van der Waals surface area contributed by atoms with Crippen molar-refractivity contribution in [3.05, 3.63) is 48.3 Å². The molecule has 1 saturated carbocycles. The van der Waals surface area contributed by atoms with Gasteiger partial charge in [0.15, 0.2) is 0 Å². The third-order valence-electron chi connectivity index (χ3n) is 2.89. The molecule has 1 aliphatic rings. The smallest absolute Gasteiger partial charge is 0.315 e. The van der Waals surface area contributed by atoms with E-state index in [0.29, 0.717) is 6.54 Å². The minimum absolute atomic E-state index is 0.244. The fourth-order valence-electron chi connectivity index (χ4n) is 1.82. The molecule has 0 aromatic heterocycles. The van der Waals surface area contributed by atoms with Crippen LogP contribution < -0.4 is 10.6 Å². The van der Waals surface area contributed by atoms with Gasteiger partial charge in [0.2, 0.25) is 0 Å². The average molecular weight is 234 g/mol. The van der Waals surface area contributed by atoms with Crippen LogP contribution in [0.2, 0.25) is 0 Å². The van der Waals surface area contributed by atoms with Crippen LogP contribution in [0.15, 0.2) is 36.9 Å². The number of carbonyl (C=O) groups is 1. The summed E-state index contributed by atoms with van der Waals surface area (Å²) < 4.78 is 13.1. The third-order valence-corrected chi connectivity index (χ3v) is 2.89. The lowest BCUT2D eigenvalue weighted by atomic mass is 10.1. The number of hydrogen-bond donors (Lipinski definition) is 2. The Morgan fingerprint density at radius 1 is 1.53 bits per heavy atom. The summed E-state index contributed by atoms with van der Waals surface area (Å²) in [6.45, 7) is 3.94. The van der Waals surface area contributed by atoms with E-state index in [2.05, 4.69) is 17.2 Å². The van der Waals surface area contributed by atoms with Gasteiger partial charge in [0.1, 0.15) is 5.82 Å². The Labute approximate surface area is 99.7 Å². The van der Waals surface area contributed by atoms with Crippen molar-refractivity contribution in [2.24, 2.45) is 0 Å². The van der Waals surface area contributed by atoms with Gasteiger partial charge in [-0.15, -0.1) is 6.58 Å². The van der Waals surface area contributed by atoms with E-state index in [0.717, 1.165) is 18.4 Å². The summed E-state index contributed by atoms with van der Waals surface area (Å²) in [5.74, 6) is -0.276. The maximum atomic E-state index is 13.1. The van der Waals surface area contributed by atoms with Crippen LogP contribution in [0.4, 0.5) is 9.18 Å². The summed E-state index contributed by atoms with van der Waals surface area (Å²) in [7, 11) is 0. The topological polar surface area (TPSA) is 41.1 Å². The molecule has 0 unspecified atom stereocenters. The van der Waals surface area contributed by atoms with E-state index < -0.39 is 0 Å². The van der Waals surface area contributed by atoms with Crippen LogP contribution in [-0.4, -0.2) is 12.6 Å². The Hall–Kier alpha value is -1.84. The number of carbonyl (C=O) groups excluding carboxylic acids is 1. The number of hydrogen-bond acceptors (Lipinski definition) is 1. The van der Waals surface area contributed by atoms with Crippen LogP contribution in [0.3, 0.4) is 0 Å². The Kier molecular flexibility index (Phi) is 3.13. The number of benzene rings is 1.